The molecule has 6 heteroatoms. The van der Waals surface area contributed by atoms with E-state index in [-0.39, 0.29) is 0 Å². The van der Waals surface area contributed by atoms with Gasteiger partial charge in [-0.25, -0.2) is 15.0 Å². The molecule has 294 valence electrons. The quantitative estimate of drug-likeness (QED) is 0.167. The third-order valence-corrected chi connectivity index (χ3v) is 12.3. The van der Waals surface area contributed by atoms with E-state index in [9.17, 15) is 0 Å². The van der Waals surface area contributed by atoms with E-state index in [1.54, 1.807) is 0 Å². The van der Waals surface area contributed by atoms with E-state index >= 15 is 0 Å². The number of rotatable bonds is 6. The molecule has 0 bridgehead atoms. The molecule has 0 aliphatic heterocycles. The Morgan fingerprint density at radius 2 is 0.873 bits per heavy atom. The highest BCUT2D eigenvalue weighted by molar-refractivity contribution is 6.17. The molecule has 13 rings (SSSR count). The molecule has 13 aromatic rings. The summed E-state index contributed by atoms with van der Waals surface area (Å²) in [4.78, 5) is 15.3. The molecule has 0 N–H and O–H groups in total. The van der Waals surface area contributed by atoms with Crippen molar-refractivity contribution in [3.63, 3.8) is 0 Å². The molecule has 0 aliphatic carbocycles. The van der Waals surface area contributed by atoms with Crippen LogP contribution in [0.2, 0.25) is 0 Å². The number of para-hydroxylation sites is 3. The molecule has 9 aromatic carbocycles. The Hall–Kier alpha value is -8.61. The summed E-state index contributed by atoms with van der Waals surface area (Å²) in [5, 5.41) is 6.56. The van der Waals surface area contributed by atoms with E-state index in [4.69, 9.17) is 23.8 Å². The fraction of sp³-hybridized carbons (Fsp3) is 0. The molecule has 0 fully saturated rings. The van der Waals surface area contributed by atoms with Crippen LogP contribution in [-0.4, -0.2) is 19.5 Å². The zero-order chi connectivity index (χ0) is 41.4. The van der Waals surface area contributed by atoms with E-state index in [2.05, 4.69) is 168 Å². The molecule has 0 aliphatic rings. The van der Waals surface area contributed by atoms with Crippen LogP contribution in [0.3, 0.4) is 0 Å². The second kappa shape index (κ2) is 14.0. The monoisotopic (exact) mass is 806 g/mol. The molecular weight excluding hydrogens is 773 g/mol. The van der Waals surface area contributed by atoms with Crippen molar-refractivity contribution in [2.75, 3.05) is 0 Å². The second-order valence-corrected chi connectivity index (χ2v) is 15.9. The lowest BCUT2D eigenvalue weighted by Gasteiger charge is -2.13. The lowest BCUT2D eigenvalue weighted by Crippen LogP contribution is -2.00. The lowest BCUT2D eigenvalue weighted by atomic mass is 10.0. The van der Waals surface area contributed by atoms with E-state index < -0.39 is 0 Å². The highest BCUT2D eigenvalue weighted by atomic mass is 16.3. The molecular formula is C57H34N4O2. The first kappa shape index (κ1) is 35.2. The van der Waals surface area contributed by atoms with E-state index in [1.165, 1.54) is 21.9 Å². The fourth-order valence-corrected chi connectivity index (χ4v) is 9.38. The summed E-state index contributed by atoms with van der Waals surface area (Å²) in [5.74, 6) is 1.68. The Kier molecular flexibility index (Phi) is 7.80. The van der Waals surface area contributed by atoms with Gasteiger partial charge in [0, 0.05) is 54.7 Å². The highest BCUT2D eigenvalue weighted by Gasteiger charge is 2.22. The Labute approximate surface area is 361 Å². The number of nitrogens with zero attached hydrogens (tertiary/aromatic N) is 4. The van der Waals surface area contributed by atoms with Crippen molar-refractivity contribution in [3.8, 4) is 62.1 Å². The van der Waals surface area contributed by atoms with Crippen LogP contribution in [0.5, 0.6) is 0 Å². The van der Waals surface area contributed by atoms with E-state index in [1.807, 2.05) is 42.5 Å². The number of hydrogen-bond acceptors (Lipinski definition) is 5. The molecule has 0 spiro atoms. The summed E-state index contributed by atoms with van der Waals surface area (Å²) < 4.78 is 15.8. The van der Waals surface area contributed by atoms with Crippen LogP contribution in [-0.2, 0) is 0 Å². The van der Waals surface area contributed by atoms with Crippen LogP contribution in [0.25, 0.3) is 128 Å². The zero-order valence-electron chi connectivity index (χ0n) is 33.7. The average molecular weight is 807 g/mol. The summed E-state index contributed by atoms with van der Waals surface area (Å²) in [7, 11) is 0. The van der Waals surface area contributed by atoms with E-state index in [0.29, 0.717) is 17.5 Å². The number of hydrogen-bond donors (Lipinski definition) is 0. The average Bonchev–Trinajstić information content (AvgIpc) is 4.04. The minimum atomic E-state index is 0.549. The van der Waals surface area contributed by atoms with Crippen LogP contribution < -0.4 is 0 Å². The first-order chi connectivity index (χ1) is 31.2. The Morgan fingerprint density at radius 1 is 0.333 bits per heavy atom. The van der Waals surface area contributed by atoms with Crippen molar-refractivity contribution in [3.05, 3.63) is 206 Å². The Balaban J connectivity index is 0.976. The zero-order valence-corrected chi connectivity index (χ0v) is 33.7. The molecule has 0 saturated heterocycles. The van der Waals surface area contributed by atoms with Gasteiger partial charge in [0.05, 0.1) is 22.1 Å². The van der Waals surface area contributed by atoms with Gasteiger partial charge < -0.3 is 13.4 Å². The van der Waals surface area contributed by atoms with Gasteiger partial charge in [-0.3, -0.25) is 0 Å². The number of furan rings is 2. The van der Waals surface area contributed by atoms with Crippen molar-refractivity contribution in [2.45, 2.75) is 0 Å². The van der Waals surface area contributed by atoms with E-state index in [0.717, 1.165) is 88.4 Å². The first-order valence-corrected chi connectivity index (χ1v) is 21.1. The molecule has 0 atom stereocenters. The molecule has 4 heterocycles. The van der Waals surface area contributed by atoms with Crippen LogP contribution in [0.4, 0.5) is 0 Å². The third kappa shape index (κ3) is 5.62. The van der Waals surface area contributed by atoms with Crippen LogP contribution >= 0.6 is 0 Å². The molecule has 0 amide bonds. The Morgan fingerprint density at radius 3 is 1.59 bits per heavy atom. The van der Waals surface area contributed by atoms with Gasteiger partial charge in [-0.2, -0.15) is 0 Å². The number of benzene rings is 9. The fourth-order valence-electron chi connectivity index (χ4n) is 9.38. The van der Waals surface area contributed by atoms with Gasteiger partial charge in [0.25, 0.3) is 0 Å². The summed E-state index contributed by atoms with van der Waals surface area (Å²) >= 11 is 0. The van der Waals surface area contributed by atoms with Gasteiger partial charge in [-0.15, -0.1) is 0 Å². The van der Waals surface area contributed by atoms with Crippen molar-refractivity contribution in [2.24, 2.45) is 0 Å². The van der Waals surface area contributed by atoms with Gasteiger partial charge >= 0.3 is 0 Å². The molecule has 0 radical (unpaired) electrons. The topological polar surface area (TPSA) is 69.9 Å². The van der Waals surface area contributed by atoms with Crippen molar-refractivity contribution >= 4 is 65.7 Å². The highest BCUT2D eigenvalue weighted by Crippen LogP contribution is 2.43. The maximum Gasteiger partial charge on any atom is 0.164 e. The van der Waals surface area contributed by atoms with Gasteiger partial charge in [-0.1, -0.05) is 164 Å². The van der Waals surface area contributed by atoms with Crippen LogP contribution in [0, 0.1) is 0 Å². The van der Waals surface area contributed by atoms with Crippen molar-refractivity contribution in [1.29, 1.82) is 0 Å². The lowest BCUT2D eigenvalue weighted by molar-refractivity contribution is 0.669. The normalized spacial score (nSPS) is 11.8. The molecule has 63 heavy (non-hydrogen) atoms. The summed E-state index contributed by atoms with van der Waals surface area (Å²) in [6.07, 6.45) is 0. The maximum absolute atomic E-state index is 6.74. The first-order valence-electron chi connectivity index (χ1n) is 21.1. The van der Waals surface area contributed by atoms with Gasteiger partial charge in [0.15, 0.2) is 17.5 Å². The summed E-state index contributed by atoms with van der Waals surface area (Å²) in [6.45, 7) is 0. The van der Waals surface area contributed by atoms with Crippen LogP contribution in [0.15, 0.2) is 215 Å². The largest absolute Gasteiger partial charge is 0.456 e. The molecule has 6 nitrogen and oxygen atoms in total. The van der Waals surface area contributed by atoms with Gasteiger partial charge in [-0.05, 0) is 53.6 Å². The second-order valence-electron chi connectivity index (χ2n) is 15.9. The Bertz CT molecular complexity index is 3900. The number of aromatic nitrogens is 4. The van der Waals surface area contributed by atoms with Crippen molar-refractivity contribution in [1.82, 2.24) is 19.5 Å². The predicted molar refractivity (Wildman–Crippen MR) is 256 cm³/mol. The molecule has 4 aromatic heterocycles. The molecule has 0 unspecified atom stereocenters. The SMILES string of the molecule is c1ccc(-c2nc(-c3ccc4c(c3)oc3c(-c5ccccc5)cccc34)nc(-c3ccc4c(c3)oc3cccc(-n5c6ccccc6c6cccc(-c7ccccc7)c65)c34)n2)cc1. The van der Waals surface area contributed by atoms with Crippen molar-refractivity contribution < 1.29 is 8.83 Å². The maximum atomic E-state index is 6.74. The predicted octanol–water partition coefficient (Wildman–Crippen LogP) is 15.1. The minimum absolute atomic E-state index is 0.549. The van der Waals surface area contributed by atoms with Gasteiger partial charge in [0.2, 0.25) is 0 Å². The smallest absolute Gasteiger partial charge is 0.164 e. The minimum Gasteiger partial charge on any atom is -0.456 e. The summed E-state index contributed by atoms with van der Waals surface area (Å²) in [6, 6.07) is 71.4. The third-order valence-electron chi connectivity index (χ3n) is 12.3. The molecule has 0 saturated carbocycles. The standard InChI is InChI=1S/C57H34N4O2/c1-4-15-35(16-5-1)40-22-12-24-44-42-21-10-11-26-47(42)61(53(40)44)48-27-14-28-49-52(48)46-32-30-39(34-51(46)62-49)57-59-55(37-19-8-3-9-20-37)58-56(60-57)38-29-31-43-45-25-13-23-41(36-17-6-2-7-18-36)54(45)63-50(43)33-38/h1-34H. The van der Waals surface area contributed by atoms with Gasteiger partial charge in [0.1, 0.15) is 22.3 Å². The number of fused-ring (bicyclic) bond motifs is 9. The van der Waals surface area contributed by atoms with Crippen LogP contribution in [0.1, 0.15) is 0 Å². The summed E-state index contributed by atoms with van der Waals surface area (Å²) in [5.41, 5.74) is 13.6.